The molecule has 0 aliphatic carbocycles. The van der Waals surface area contributed by atoms with Crippen LogP contribution in [0.25, 0.3) is 0 Å². The molecule has 1 N–H and O–H groups in total. The van der Waals surface area contributed by atoms with Gasteiger partial charge in [-0.25, -0.2) is 13.1 Å². The smallest absolute Gasteiger partial charge is 0.208 e. The fourth-order valence-corrected chi connectivity index (χ4v) is 2.69. The van der Waals surface area contributed by atoms with Crippen LogP contribution in [0.4, 0.5) is 0 Å². The normalized spacial score (nSPS) is 13.1. The topological polar surface area (TPSA) is 70.0 Å². The largest absolute Gasteiger partial charge is 0.242 e. The molecule has 4 nitrogen and oxygen atoms in total. The third-order valence-corrected chi connectivity index (χ3v) is 3.91. The van der Waals surface area contributed by atoms with E-state index in [1.54, 1.807) is 19.1 Å². The Labute approximate surface area is 96.0 Å². The predicted molar refractivity (Wildman–Crippen MR) is 61.2 cm³/mol. The highest BCUT2D eigenvalue weighted by Gasteiger charge is 2.19. The third kappa shape index (κ3) is 2.81. The van der Waals surface area contributed by atoms with Gasteiger partial charge in [0, 0.05) is 6.04 Å². The molecule has 1 rings (SSSR count). The van der Waals surface area contributed by atoms with Crippen LogP contribution in [0.15, 0.2) is 29.2 Å². The van der Waals surface area contributed by atoms with Crippen molar-refractivity contribution in [3.8, 4) is 6.07 Å². The zero-order valence-corrected chi connectivity index (χ0v) is 10.1. The lowest BCUT2D eigenvalue weighted by molar-refractivity contribution is 0.555. The summed E-state index contributed by atoms with van der Waals surface area (Å²) in [6, 6.07) is 7.90. The molecule has 0 saturated carbocycles. The monoisotopic (exact) mass is 238 g/mol. The van der Waals surface area contributed by atoms with Crippen molar-refractivity contribution in [2.24, 2.45) is 0 Å². The standard InChI is InChI=1S/C11H14N2O2S/c1-3-9(2)13-16(14,15)11-7-5-4-6-10(11)8-12/h4-7,9,13H,3H2,1-2H3. The second-order valence-electron chi connectivity index (χ2n) is 3.54. The van der Waals surface area contributed by atoms with E-state index in [9.17, 15) is 8.42 Å². The molecule has 1 aromatic rings. The van der Waals surface area contributed by atoms with Crippen LogP contribution >= 0.6 is 0 Å². The number of rotatable bonds is 4. The number of nitrogens with zero attached hydrogens (tertiary/aromatic N) is 1. The molecule has 0 radical (unpaired) electrons. The molecular weight excluding hydrogens is 224 g/mol. The minimum absolute atomic E-state index is 0.0396. The second kappa shape index (κ2) is 5.10. The summed E-state index contributed by atoms with van der Waals surface area (Å²) in [5.74, 6) is 0. The van der Waals surface area contributed by atoms with Crippen molar-refractivity contribution in [1.29, 1.82) is 5.26 Å². The third-order valence-electron chi connectivity index (χ3n) is 2.27. The number of nitrogens with one attached hydrogen (secondary N) is 1. The van der Waals surface area contributed by atoms with Gasteiger partial charge in [-0.2, -0.15) is 5.26 Å². The minimum atomic E-state index is -3.59. The van der Waals surface area contributed by atoms with Crippen molar-refractivity contribution in [2.75, 3.05) is 0 Å². The van der Waals surface area contributed by atoms with Gasteiger partial charge in [0.2, 0.25) is 10.0 Å². The average molecular weight is 238 g/mol. The number of hydrogen-bond acceptors (Lipinski definition) is 3. The molecule has 1 aromatic carbocycles. The van der Waals surface area contributed by atoms with Gasteiger partial charge in [-0.3, -0.25) is 0 Å². The number of benzene rings is 1. The Balaban J connectivity index is 3.13. The number of sulfonamides is 1. The van der Waals surface area contributed by atoms with E-state index in [1.807, 2.05) is 13.0 Å². The van der Waals surface area contributed by atoms with Crippen LogP contribution in [0.2, 0.25) is 0 Å². The van der Waals surface area contributed by atoms with Crippen LogP contribution in [-0.2, 0) is 10.0 Å². The van der Waals surface area contributed by atoms with E-state index in [-0.39, 0.29) is 16.5 Å². The summed E-state index contributed by atoms with van der Waals surface area (Å²) >= 11 is 0. The summed E-state index contributed by atoms with van der Waals surface area (Å²) in [7, 11) is -3.59. The molecule has 0 aliphatic heterocycles. The first kappa shape index (κ1) is 12.7. The van der Waals surface area contributed by atoms with Crippen LogP contribution in [0, 0.1) is 11.3 Å². The Hall–Kier alpha value is -1.38. The van der Waals surface area contributed by atoms with Crippen molar-refractivity contribution in [3.05, 3.63) is 29.8 Å². The van der Waals surface area contributed by atoms with Gasteiger partial charge in [-0.15, -0.1) is 0 Å². The molecule has 0 aromatic heterocycles. The first-order valence-electron chi connectivity index (χ1n) is 5.02. The predicted octanol–water partition coefficient (Wildman–Crippen LogP) is 1.64. The van der Waals surface area contributed by atoms with E-state index in [1.165, 1.54) is 12.1 Å². The Bertz CT molecular complexity index is 503. The SMILES string of the molecule is CCC(C)NS(=O)(=O)c1ccccc1C#N. The summed E-state index contributed by atoms with van der Waals surface area (Å²) in [5.41, 5.74) is 0.165. The lowest BCUT2D eigenvalue weighted by Gasteiger charge is -2.12. The van der Waals surface area contributed by atoms with Gasteiger partial charge in [-0.1, -0.05) is 19.1 Å². The number of hydrogen-bond donors (Lipinski definition) is 1. The van der Waals surface area contributed by atoms with Crippen LogP contribution in [-0.4, -0.2) is 14.5 Å². The van der Waals surface area contributed by atoms with Crippen LogP contribution in [0.5, 0.6) is 0 Å². The summed E-state index contributed by atoms with van der Waals surface area (Å²) in [4.78, 5) is 0.0396. The zero-order chi connectivity index (χ0) is 12.2. The minimum Gasteiger partial charge on any atom is -0.208 e. The summed E-state index contributed by atoms with van der Waals surface area (Å²) in [6.07, 6.45) is 0.702. The Morgan fingerprint density at radius 1 is 1.44 bits per heavy atom. The van der Waals surface area contributed by atoms with Gasteiger partial charge in [0.25, 0.3) is 0 Å². The molecule has 0 spiro atoms. The highest BCUT2D eigenvalue weighted by Crippen LogP contribution is 2.14. The quantitative estimate of drug-likeness (QED) is 0.866. The molecule has 86 valence electrons. The van der Waals surface area contributed by atoms with Crippen molar-refractivity contribution < 1.29 is 8.42 Å². The highest BCUT2D eigenvalue weighted by molar-refractivity contribution is 7.89. The highest BCUT2D eigenvalue weighted by atomic mass is 32.2. The summed E-state index contributed by atoms with van der Waals surface area (Å²) in [5, 5.41) is 8.83. The molecule has 0 heterocycles. The van der Waals surface area contributed by atoms with Crippen LogP contribution in [0.3, 0.4) is 0 Å². The fourth-order valence-electron chi connectivity index (χ4n) is 1.21. The second-order valence-corrected chi connectivity index (χ2v) is 5.22. The first-order valence-corrected chi connectivity index (χ1v) is 6.51. The molecule has 1 atom stereocenters. The van der Waals surface area contributed by atoms with E-state index >= 15 is 0 Å². The Morgan fingerprint density at radius 3 is 2.62 bits per heavy atom. The van der Waals surface area contributed by atoms with E-state index in [2.05, 4.69) is 4.72 Å². The molecule has 16 heavy (non-hydrogen) atoms. The maximum Gasteiger partial charge on any atom is 0.242 e. The molecule has 0 fully saturated rings. The molecule has 0 aliphatic rings. The van der Waals surface area contributed by atoms with Crippen molar-refractivity contribution in [2.45, 2.75) is 31.2 Å². The van der Waals surface area contributed by atoms with E-state index < -0.39 is 10.0 Å². The molecule has 0 amide bonds. The van der Waals surface area contributed by atoms with Crippen LogP contribution < -0.4 is 4.72 Å². The fraction of sp³-hybridized carbons (Fsp3) is 0.364. The molecule has 5 heteroatoms. The van der Waals surface area contributed by atoms with E-state index in [0.717, 1.165) is 0 Å². The van der Waals surface area contributed by atoms with Gasteiger partial charge in [0.15, 0.2) is 0 Å². The Morgan fingerprint density at radius 2 is 2.06 bits per heavy atom. The van der Waals surface area contributed by atoms with Crippen molar-refractivity contribution in [1.82, 2.24) is 4.72 Å². The van der Waals surface area contributed by atoms with Crippen molar-refractivity contribution >= 4 is 10.0 Å². The lowest BCUT2D eigenvalue weighted by Crippen LogP contribution is -2.32. The number of nitriles is 1. The van der Waals surface area contributed by atoms with Gasteiger partial charge in [0.05, 0.1) is 10.5 Å². The average Bonchev–Trinajstić information content (AvgIpc) is 2.28. The molecule has 1 unspecified atom stereocenters. The van der Waals surface area contributed by atoms with E-state index in [4.69, 9.17) is 5.26 Å². The molecule has 0 bridgehead atoms. The van der Waals surface area contributed by atoms with Crippen LogP contribution in [0.1, 0.15) is 25.8 Å². The lowest BCUT2D eigenvalue weighted by atomic mass is 10.2. The van der Waals surface area contributed by atoms with E-state index in [0.29, 0.717) is 6.42 Å². The summed E-state index contributed by atoms with van der Waals surface area (Å²) in [6.45, 7) is 3.68. The van der Waals surface area contributed by atoms with Crippen molar-refractivity contribution in [3.63, 3.8) is 0 Å². The molecular formula is C11H14N2O2S. The van der Waals surface area contributed by atoms with Gasteiger partial charge in [0.1, 0.15) is 6.07 Å². The van der Waals surface area contributed by atoms with Gasteiger partial charge < -0.3 is 0 Å². The maximum absolute atomic E-state index is 11.9. The summed E-state index contributed by atoms with van der Waals surface area (Å²) < 4.78 is 26.4. The first-order chi connectivity index (χ1) is 7.51. The zero-order valence-electron chi connectivity index (χ0n) is 9.27. The van der Waals surface area contributed by atoms with Gasteiger partial charge in [-0.05, 0) is 25.5 Å². The molecule has 0 saturated heterocycles. The van der Waals surface area contributed by atoms with Gasteiger partial charge >= 0.3 is 0 Å². The Kier molecular flexibility index (Phi) is 4.05. The maximum atomic E-state index is 11.9.